The van der Waals surface area contributed by atoms with Crippen LogP contribution in [0.4, 0.5) is 0 Å². The van der Waals surface area contributed by atoms with E-state index in [2.05, 4.69) is 15.5 Å². The molecule has 24 heavy (non-hydrogen) atoms. The van der Waals surface area contributed by atoms with E-state index in [0.717, 1.165) is 25.0 Å². The number of amides is 1. The fourth-order valence-electron chi connectivity index (χ4n) is 2.50. The first-order valence-corrected chi connectivity index (χ1v) is 9.01. The summed E-state index contributed by atoms with van der Waals surface area (Å²) in [5, 5.41) is 11.1. The number of ether oxygens (including phenoxy) is 1. The molecule has 1 aromatic heterocycles. The van der Waals surface area contributed by atoms with E-state index in [1.165, 1.54) is 11.8 Å². The van der Waals surface area contributed by atoms with Crippen LogP contribution in [0, 0.1) is 0 Å². The van der Waals surface area contributed by atoms with E-state index >= 15 is 0 Å². The van der Waals surface area contributed by atoms with Gasteiger partial charge in [-0.25, -0.2) is 0 Å². The summed E-state index contributed by atoms with van der Waals surface area (Å²) in [4.78, 5) is 12.1. The second-order valence-electron chi connectivity index (χ2n) is 5.76. The fraction of sp³-hybridized carbons (Fsp3) is 0.471. The number of hydrogen-bond donors (Lipinski definition) is 1. The molecule has 1 amide bonds. The Labute approximate surface area is 145 Å². The maximum absolute atomic E-state index is 12.1. The van der Waals surface area contributed by atoms with Crippen molar-refractivity contribution in [2.24, 2.45) is 0 Å². The third-order valence-electron chi connectivity index (χ3n) is 3.82. The summed E-state index contributed by atoms with van der Waals surface area (Å²) in [5.74, 6) is 0.508. The van der Waals surface area contributed by atoms with Crippen LogP contribution in [0.2, 0.25) is 0 Å². The van der Waals surface area contributed by atoms with Gasteiger partial charge in [-0.3, -0.25) is 4.79 Å². The molecule has 7 heteroatoms. The van der Waals surface area contributed by atoms with Gasteiger partial charge in [-0.15, -0.1) is 10.2 Å². The van der Waals surface area contributed by atoms with Crippen LogP contribution in [0.25, 0.3) is 0 Å². The highest BCUT2D eigenvalue weighted by Crippen LogP contribution is 2.23. The number of thioether (sulfide) groups is 1. The molecule has 0 unspecified atom stereocenters. The molecule has 1 aromatic carbocycles. The van der Waals surface area contributed by atoms with Gasteiger partial charge in [0.1, 0.15) is 0 Å². The molecule has 6 nitrogen and oxygen atoms in total. The molecule has 128 valence electrons. The lowest BCUT2D eigenvalue weighted by molar-refractivity contribution is -0.120. The lowest BCUT2D eigenvalue weighted by Gasteiger charge is -2.13. The van der Waals surface area contributed by atoms with Crippen molar-refractivity contribution in [3.8, 4) is 0 Å². The van der Waals surface area contributed by atoms with Gasteiger partial charge in [-0.2, -0.15) is 0 Å². The first-order valence-electron chi connectivity index (χ1n) is 8.13. The molecule has 0 aliphatic carbocycles. The first kappa shape index (κ1) is 17.0. The Kier molecular flexibility index (Phi) is 5.87. The van der Waals surface area contributed by atoms with Gasteiger partial charge in [0.15, 0.2) is 0 Å². The standard InChI is InChI=1S/C17H21N3O3S/c1-12(16(21)18-11-14-8-5-9-22-14)24-17-20-19-15(23-17)10-13-6-3-2-4-7-13/h2-4,6-7,12,14H,5,8-11H2,1H3,(H,18,21)/t12-,14-/m0/s1. The van der Waals surface area contributed by atoms with Crippen LogP contribution in [0.3, 0.4) is 0 Å². The van der Waals surface area contributed by atoms with Crippen LogP contribution < -0.4 is 5.32 Å². The largest absolute Gasteiger partial charge is 0.416 e. The average molecular weight is 347 g/mol. The lowest BCUT2D eigenvalue weighted by atomic mass is 10.2. The van der Waals surface area contributed by atoms with E-state index in [-0.39, 0.29) is 17.3 Å². The van der Waals surface area contributed by atoms with Crippen molar-refractivity contribution in [2.45, 2.75) is 42.8 Å². The minimum Gasteiger partial charge on any atom is -0.416 e. The van der Waals surface area contributed by atoms with Gasteiger partial charge >= 0.3 is 0 Å². The normalized spacial score (nSPS) is 18.5. The molecule has 3 rings (SSSR count). The van der Waals surface area contributed by atoms with Crippen LogP contribution in [-0.4, -0.2) is 40.6 Å². The molecule has 2 atom stereocenters. The number of carbonyl (C=O) groups is 1. The first-order chi connectivity index (χ1) is 11.7. The Hall–Kier alpha value is -1.86. The fourth-order valence-corrected chi connectivity index (χ4v) is 3.22. The van der Waals surface area contributed by atoms with Gasteiger partial charge in [-0.1, -0.05) is 42.1 Å². The zero-order valence-electron chi connectivity index (χ0n) is 13.6. The van der Waals surface area contributed by atoms with E-state index in [4.69, 9.17) is 9.15 Å². The summed E-state index contributed by atoms with van der Waals surface area (Å²) < 4.78 is 11.1. The summed E-state index contributed by atoms with van der Waals surface area (Å²) in [6, 6.07) is 9.94. The summed E-state index contributed by atoms with van der Waals surface area (Å²) in [7, 11) is 0. The number of carbonyl (C=O) groups excluding carboxylic acids is 1. The second-order valence-corrected chi connectivity index (χ2v) is 7.06. The molecule has 1 saturated heterocycles. The Bertz CT molecular complexity index is 656. The van der Waals surface area contributed by atoms with Crippen molar-refractivity contribution in [1.29, 1.82) is 0 Å². The van der Waals surface area contributed by atoms with E-state index < -0.39 is 0 Å². The molecular formula is C17H21N3O3S. The molecule has 2 aromatic rings. The third kappa shape index (κ3) is 4.82. The second kappa shape index (κ2) is 8.30. The Morgan fingerprint density at radius 2 is 2.21 bits per heavy atom. The molecule has 1 N–H and O–H groups in total. The quantitative estimate of drug-likeness (QED) is 0.775. The van der Waals surface area contributed by atoms with Gasteiger partial charge in [0.2, 0.25) is 11.8 Å². The number of hydrogen-bond acceptors (Lipinski definition) is 6. The molecule has 0 spiro atoms. The van der Waals surface area contributed by atoms with Crippen LogP contribution in [0.5, 0.6) is 0 Å². The van der Waals surface area contributed by atoms with Crippen molar-refractivity contribution in [2.75, 3.05) is 13.2 Å². The van der Waals surface area contributed by atoms with Crippen molar-refractivity contribution in [1.82, 2.24) is 15.5 Å². The predicted molar refractivity (Wildman–Crippen MR) is 90.8 cm³/mol. The highest BCUT2D eigenvalue weighted by atomic mass is 32.2. The zero-order valence-corrected chi connectivity index (χ0v) is 14.4. The van der Waals surface area contributed by atoms with Crippen molar-refractivity contribution < 1.29 is 13.9 Å². The van der Waals surface area contributed by atoms with Crippen LogP contribution in [-0.2, 0) is 16.0 Å². The molecule has 0 radical (unpaired) electrons. The van der Waals surface area contributed by atoms with Gasteiger partial charge in [-0.05, 0) is 25.3 Å². The smallest absolute Gasteiger partial charge is 0.277 e. The SMILES string of the molecule is C[C@H](Sc1nnc(Cc2ccccc2)o1)C(=O)NC[C@@H]1CCCO1. The molecular weight excluding hydrogens is 326 g/mol. The van der Waals surface area contributed by atoms with E-state index in [1.54, 1.807) is 0 Å². The lowest BCUT2D eigenvalue weighted by Crippen LogP contribution is -2.36. The number of benzene rings is 1. The van der Waals surface area contributed by atoms with Gasteiger partial charge in [0.05, 0.1) is 17.8 Å². The minimum atomic E-state index is -0.295. The average Bonchev–Trinajstić information content (AvgIpc) is 3.25. The Morgan fingerprint density at radius 3 is 2.96 bits per heavy atom. The van der Waals surface area contributed by atoms with Gasteiger partial charge in [0.25, 0.3) is 5.22 Å². The van der Waals surface area contributed by atoms with Gasteiger partial charge < -0.3 is 14.5 Å². The molecule has 1 fully saturated rings. The van der Waals surface area contributed by atoms with E-state index in [9.17, 15) is 4.79 Å². The van der Waals surface area contributed by atoms with E-state index in [0.29, 0.717) is 24.1 Å². The summed E-state index contributed by atoms with van der Waals surface area (Å²) in [5.41, 5.74) is 1.11. The van der Waals surface area contributed by atoms with Crippen LogP contribution in [0.15, 0.2) is 40.0 Å². The van der Waals surface area contributed by atoms with Crippen molar-refractivity contribution >= 4 is 17.7 Å². The molecule has 0 saturated carbocycles. The third-order valence-corrected chi connectivity index (χ3v) is 4.76. The highest BCUT2D eigenvalue weighted by molar-refractivity contribution is 8.00. The maximum Gasteiger partial charge on any atom is 0.277 e. The maximum atomic E-state index is 12.1. The number of nitrogens with one attached hydrogen (secondary N) is 1. The predicted octanol–water partition coefficient (Wildman–Crippen LogP) is 2.44. The summed E-state index contributed by atoms with van der Waals surface area (Å²) in [6.07, 6.45) is 2.81. The molecule has 1 aliphatic rings. The van der Waals surface area contributed by atoms with Crippen molar-refractivity contribution in [3.63, 3.8) is 0 Å². The molecule has 0 bridgehead atoms. The summed E-state index contributed by atoms with van der Waals surface area (Å²) in [6.45, 7) is 3.18. The van der Waals surface area contributed by atoms with Crippen LogP contribution in [0.1, 0.15) is 31.2 Å². The Morgan fingerprint density at radius 1 is 1.38 bits per heavy atom. The highest BCUT2D eigenvalue weighted by Gasteiger charge is 2.21. The monoisotopic (exact) mass is 347 g/mol. The number of nitrogens with zero attached hydrogens (tertiary/aromatic N) is 2. The topological polar surface area (TPSA) is 77.2 Å². The van der Waals surface area contributed by atoms with Crippen molar-refractivity contribution in [3.05, 3.63) is 41.8 Å². The van der Waals surface area contributed by atoms with Crippen LogP contribution >= 0.6 is 11.8 Å². The Balaban J connectivity index is 1.47. The minimum absolute atomic E-state index is 0.0432. The number of rotatable bonds is 7. The zero-order chi connectivity index (χ0) is 16.8. The summed E-state index contributed by atoms with van der Waals surface area (Å²) >= 11 is 1.27. The van der Waals surface area contributed by atoms with Gasteiger partial charge in [0, 0.05) is 13.2 Å². The number of aromatic nitrogens is 2. The van der Waals surface area contributed by atoms with E-state index in [1.807, 2.05) is 37.3 Å². The molecule has 2 heterocycles. The molecule has 1 aliphatic heterocycles.